The molecule has 0 N–H and O–H groups in total. The lowest BCUT2D eigenvalue weighted by Gasteiger charge is -2.13. The minimum absolute atomic E-state index is 0.0371. The third-order valence-corrected chi connectivity index (χ3v) is 1.75. The Hall–Kier alpha value is -0.790. The zero-order chi connectivity index (χ0) is 10.3. The summed E-state index contributed by atoms with van der Waals surface area (Å²) in [5, 5.41) is 0. The normalized spacial score (nSPS) is 13.6. The van der Waals surface area contributed by atoms with E-state index < -0.39 is 0 Å². The maximum absolute atomic E-state index is 10.7. The van der Waals surface area contributed by atoms with Crippen LogP contribution in [-0.2, 0) is 9.53 Å². The summed E-state index contributed by atoms with van der Waals surface area (Å²) in [7, 11) is 0. The van der Waals surface area contributed by atoms with Gasteiger partial charge in [-0.15, -0.1) is 0 Å². The molecule has 0 saturated heterocycles. The fourth-order valence-corrected chi connectivity index (χ4v) is 1.12. The SMILES string of the molecule is C/C=C/C(CCC(C)C)OC(C)=O. The second-order valence-corrected chi connectivity index (χ2v) is 3.64. The van der Waals surface area contributed by atoms with Crippen molar-refractivity contribution < 1.29 is 9.53 Å². The predicted molar refractivity (Wildman–Crippen MR) is 54.4 cm³/mol. The predicted octanol–water partition coefficient (Wildman–Crippen LogP) is 2.93. The van der Waals surface area contributed by atoms with Crippen LogP contribution in [0.15, 0.2) is 12.2 Å². The smallest absolute Gasteiger partial charge is 0.303 e. The number of carbonyl (C=O) groups excluding carboxylic acids is 1. The summed E-state index contributed by atoms with van der Waals surface area (Å²) in [6.45, 7) is 7.72. The van der Waals surface area contributed by atoms with Gasteiger partial charge in [-0.2, -0.15) is 0 Å². The van der Waals surface area contributed by atoms with Gasteiger partial charge in [0.2, 0.25) is 0 Å². The highest BCUT2D eigenvalue weighted by molar-refractivity contribution is 5.66. The highest BCUT2D eigenvalue weighted by Gasteiger charge is 2.08. The van der Waals surface area contributed by atoms with Gasteiger partial charge in [-0.3, -0.25) is 4.79 Å². The lowest BCUT2D eigenvalue weighted by molar-refractivity contribution is -0.144. The Labute approximate surface area is 81.0 Å². The first-order valence-corrected chi connectivity index (χ1v) is 4.86. The molecule has 0 aliphatic rings. The standard InChI is InChI=1S/C11H20O2/c1-5-6-11(13-10(4)12)8-7-9(2)3/h5-6,9,11H,7-8H2,1-4H3/b6-5+. The largest absolute Gasteiger partial charge is 0.458 e. The van der Waals surface area contributed by atoms with Crippen LogP contribution in [0.5, 0.6) is 0 Å². The molecule has 0 bridgehead atoms. The maximum atomic E-state index is 10.7. The molecule has 1 unspecified atom stereocenters. The minimum Gasteiger partial charge on any atom is -0.458 e. The molecule has 13 heavy (non-hydrogen) atoms. The molecule has 0 spiro atoms. The Balaban J connectivity index is 3.87. The van der Waals surface area contributed by atoms with Gasteiger partial charge in [-0.25, -0.2) is 0 Å². The number of hydrogen-bond donors (Lipinski definition) is 0. The van der Waals surface area contributed by atoms with Crippen molar-refractivity contribution in [3.8, 4) is 0 Å². The second kappa shape index (κ2) is 6.70. The van der Waals surface area contributed by atoms with Gasteiger partial charge in [0, 0.05) is 6.92 Å². The van der Waals surface area contributed by atoms with Crippen LogP contribution in [-0.4, -0.2) is 12.1 Å². The van der Waals surface area contributed by atoms with E-state index in [9.17, 15) is 4.79 Å². The molecule has 1 atom stereocenters. The van der Waals surface area contributed by atoms with Gasteiger partial charge < -0.3 is 4.74 Å². The van der Waals surface area contributed by atoms with Gasteiger partial charge in [0.05, 0.1) is 0 Å². The molecule has 0 aliphatic heterocycles. The molecule has 0 aliphatic carbocycles. The van der Waals surface area contributed by atoms with Crippen molar-refractivity contribution in [1.29, 1.82) is 0 Å². The molecule has 0 fully saturated rings. The fraction of sp³-hybridized carbons (Fsp3) is 0.727. The Bertz CT molecular complexity index is 171. The summed E-state index contributed by atoms with van der Waals surface area (Å²) < 4.78 is 5.12. The molecule has 0 aromatic carbocycles. The monoisotopic (exact) mass is 184 g/mol. The van der Waals surface area contributed by atoms with Crippen LogP contribution in [0.25, 0.3) is 0 Å². The van der Waals surface area contributed by atoms with Gasteiger partial charge >= 0.3 is 5.97 Å². The number of rotatable bonds is 5. The zero-order valence-corrected chi connectivity index (χ0v) is 9.04. The van der Waals surface area contributed by atoms with Crippen LogP contribution < -0.4 is 0 Å². The van der Waals surface area contributed by atoms with Crippen molar-refractivity contribution in [2.24, 2.45) is 5.92 Å². The van der Waals surface area contributed by atoms with E-state index in [1.807, 2.05) is 19.1 Å². The first-order chi connectivity index (χ1) is 6.06. The average molecular weight is 184 g/mol. The molecule has 0 rings (SSSR count). The van der Waals surface area contributed by atoms with E-state index in [-0.39, 0.29) is 12.1 Å². The van der Waals surface area contributed by atoms with E-state index in [1.54, 1.807) is 0 Å². The van der Waals surface area contributed by atoms with Crippen LogP contribution in [0, 0.1) is 5.92 Å². The lowest BCUT2D eigenvalue weighted by atomic mass is 10.0. The van der Waals surface area contributed by atoms with Crippen molar-refractivity contribution in [3.05, 3.63) is 12.2 Å². The maximum Gasteiger partial charge on any atom is 0.303 e. The molecule has 2 heteroatoms. The van der Waals surface area contributed by atoms with Crippen molar-refractivity contribution >= 4 is 5.97 Å². The molecular weight excluding hydrogens is 164 g/mol. The summed E-state index contributed by atoms with van der Waals surface area (Å²) >= 11 is 0. The second-order valence-electron chi connectivity index (χ2n) is 3.64. The van der Waals surface area contributed by atoms with Crippen LogP contribution in [0.3, 0.4) is 0 Å². The molecule has 0 aromatic rings. The summed E-state index contributed by atoms with van der Waals surface area (Å²) in [5.74, 6) is 0.454. The number of allylic oxidation sites excluding steroid dienone is 1. The molecule has 0 aromatic heterocycles. The van der Waals surface area contributed by atoms with E-state index in [0.29, 0.717) is 5.92 Å². The number of carbonyl (C=O) groups is 1. The Kier molecular flexibility index (Phi) is 6.29. The first kappa shape index (κ1) is 12.2. The van der Waals surface area contributed by atoms with E-state index in [4.69, 9.17) is 4.74 Å². The topological polar surface area (TPSA) is 26.3 Å². The molecular formula is C11H20O2. The van der Waals surface area contributed by atoms with Crippen molar-refractivity contribution in [3.63, 3.8) is 0 Å². The molecule has 0 saturated carbocycles. The van der Waals surface area contributed by atoms with Gasteiger partial charge in [-0.1, -0.05) is 19.9 Å². The fourth-order valence-electron chi connectivity index (χ4n) is 1.12. The van der Waals surface area contributed by atoms with Crippen LogP contribution in [0.2, 0.25) is 0 Å². The van der Waals surface area contributed by atoms with E-state index in [0.717, 1.165) is 12.8 Å². The lowest BCUT2D eigenvalue weighted by Crippen LogP contribution is -2.14. The van der Waals surface area contributed by atoms with E-state index in [2.05, 4.69) is 13.8 Å². The van der Waals surface area contributed by atoms with Crippen LogP contribution in [0.1, 0.15) is 40.5 Å². The van der Waals surface area contributed by atoms with Gasteiger partial charge in [0.15, 0.2) is 0 Å². The zero-order valence-electron chi connectivity index (χ0n) is 9.04. The Morgan fingerprint density at radius 1 is 1.38 bits per heavy atom. The van der Waals surface area contributed by atoms with Crippen LogP contribution >= 0.6 is 0 Å². The van der Waals surface area contributed by atoms with E-state index in [1.165, 1.54) is 6.92 Å². The summed E-state index contributed by atoms with van der Waals surface area (Å²) in [4.78, 5) is 10.7. The summed E-state index contributed by atoms with van der Waals surface area (Å²) in [6, 6.07) is 0. The first-order valence-electron chi connectivity index (χ1n) is 4.86. The number of ether oxygens (including phenoxy) is 1. The van der Waals surface area contributed by atoms with Crippen LogP contribution in [0.4, 0.5) is 0 Å². The third-order valence-electron chi connectivity index (χ3n) is 1.75. The summed E-state index contributed by atoms with van der Waals surface area (Å²) in [6.07, 6.45) is 5.83. The van der Waals surface area contributed by atoms with E-state index >= 15 is 0 Å². The highest BCUT2D eigenvalue weighted by Crippen LogP contribution is 2.10. The molecule has 0 radical (unpaired) electrons. The van der Waals surface area contributed by atoms with Crippen molar-refractivity contribution in [1.82, 2.24) is 0 Å². The number of esters is 1. The van der Waals surface area contributed by atoms with Gasteiger partial charge in [0.25, 0.3) is 0 Å². The van der Waals surface area contributed by atoms with Crippen molar-refractivity contribution in [2.75, 3.05) is 0 Å². The number of hydrogen-bond acceptors (Lipinski definition) is 2. The summed E-state index contributed by atoms with van der Waals surface area (Å²) in [5.41, 5.74) is 0. The van der Waals surface area contributed by atoms with Gasteiger partial charge in [0.1, 0.15) is 6.10 Å². The third kappa shape index (κ3) is 7.57. The molecule has 0 amide bonds. The van der Waals surface area contributed by atoms with Crippen molar-refractivity contribution in [2.45, 2.75) is 46.6 Å². The molecule has 0 heterocycles. The average Bonchev–Trinajstić information content (AvgIpc) is 1.99. The van der Waals surface area contributed by atoms with Gasteiger partial charge in [-0.05, 0) is 31.8 Å². The highest BCUT2D eigenvalue weighted by atomic mass is 16.5. The molecule has 76 valence electrons. The molecule has 2 nitrogen and oxygen atoms in total. The Morgan fingerprint density at radius 2 is 2.00 bits per heavy atom. The minimum atomic E-state index is -0.202. The quantitative estimate of drug-likeness (QED) is 0.485. The Morgan fingerprint density at radius 3 is 2.38 bits per heavy atom.